The minimum atomic E-state index is -3.67. The molecular weight excluding hydrogens is 367 g/mol. The van der Waals surface area contributed by atoms with E-state index in [1.54, 1.807) is 18.2 Å². The van der Waals surface area contributed by atoms with E-state index in [4.69, 9.17) is 17.3 Å². The number of rotatable bonds is 3. The van der Waals surface area contributed by atoms with E-state index in [1.807, 2.05) is 25.1 Å². The maximum absolute atomic E-state index is 12.7. The molecule has 0 heterocycles. The Hall–Kier alpha value is -1.27. The minimum Gasteiger partial charge on any atom is -0.399 e. The molecule has 2 aromatic rings. The van der Waals surface area contributed by atoms with Crippen molar-refractivity contribution in [3.8, 4) is 0 Å². The van der Waals surface area contributed by atoms with Crippen LogP contribution in [0.3, 0.4) is 0 Å². The first-order chi connectivity index (χ1) is 10.9. The van der Waals surface area contributed by atoms with Gasteiger partial charge in [0.1, 0.15) is 4.90 Å². The molecule has 0 amide bonds. The van der Waals surface area contributed by atoms with E-state index in [9.17, 15) is 8.42 Å². The number of anilines is 1. The van der Waals surface area contributed by atoms with E-state index in [2.05, 4.69) is 4.72 Å². The molecule has 0 saturated carbocycles. The van der Waals surface area contributed by atoms with Crippen molar-refractivity contribution in [3.05, 3.63) is 58.1 Å². The molecule has 2 aromatic carbocycles. The van der Waals surface area contributed by atoms with Crippen LogP contribution < -0.4 is 10.5 Å². The number of halogens is 2. The lowest BCUT2D eigenvalue weighted by Crippen LogP contribution is -2.31. The fourth-order valence-electron chi connectivity index (χ4n) is 3.03. The highest BCUT2D eigenvalue weighted by Crippen LogP contribution is 2.33. The Kier molecular flexibility index (Phi) is 5.81. The van der Waals surface area contributed by atoms with Gasteiger partial charge in [0.2, 0.25) is 10.0 Å². The van der Waals surface area contributed by atoms with Gasteiger partial charge in [0.15, 0.2) is 0 Å². The lowest BCUT2D eigenvalue weighted by Gasteiger charge is -2.26. The zero-order valence-corrected chi connectivity index (χ0v) is 15.6. The van der Waals surface area contributed by atoms with Crippen molar-refractivity contribution in [2.24, 2.45) is 0 Å². The van der Waals surface area contributed by atoms with Crippen molar-refractivity contribution in [2.45, 2.75) is 37.1 Å². The molecule has 0 aromatic heterocycles. The number of fused-ring (bicyclic) bond motifs is 1. The number of sulfonamides is 1. The SMILES string of the molecule is Cc1ccc(S(=O)(=O)NC2CCCc3cc(N)ccc32)c(Cl)c1.Cl. The Balaban J connectivity index is 0.00000208. The molecule has 1 aliphatic rings. The second-order valence-electron chi connectivity index (χ2n) is 5.96. The van der Waals surface area contributed by atoms with Gasteiger partial charge in [-0.25, -0.2) is 13.1 Å². The van der Waals surface area contributed by atoms with E-state index < -0.39 is 10.0 Å². The van der Waals surface area contributed by atoms with Crippen LogP contribution in [-0.2, 0) is 16.4 Å². The Labute approximate surface area is 153 Å². The summed E-state index contributed by atoms with van der Waals surface area (Å²) in [6.07, 6.45) is 2.61. The largest absolute Gasteiger partial charge is 0.399 e. The van der Waals surface area contributed by atoms with Crippen molar-refractivity contribution in [2.75, 3.05) is 5.73 Å². The molecule has 0 aliphatic heterocycles. The molecule has 1 atom stereocenters. The molecule has 7 heteroatoms. The van der Waals surface area contributed by atoms with Crippen LogP contribution >= 0.6 is 24.0 Å². The number of aryl methyl sites for hydroxylation is 2. The highest BCUT2D eigenvalue weighted by atomic mass is 35.5. The summed E-state index contributed by atoms with van der Waals surface area (Å²) in [6.45, 7) is 1.87. The van der Waals surface area contributed by atoms with Crippen LogP contribution in [-0.4, -0.2) is 8.42 Å². The van der Waals surface area contributed by atoms with Crippen molar-refractivity contribution < 1.29 is 8.42 Å². The third-order valence-electron chi connectivity index (χ3n) is 4.16. The Morgan fingerprint density at radius 2 is 1.96 bits per heavy atom. The average Bonchev–Trinajstić information content (AvgIpc) is 2.46. The van der Waals surface area contributed by atoms with E-state index in [0.29, 0.717) is 5.69 Å². The highest BCUT2D eigenvalue weighted by Gasteiger charge is 2.27. The molecule has 3 N–H and O–H groups in total. The maximum Gasteiger partial charge on any atom is 0.242 e. The summed E-state index contributed by atoms with van der Waals surface area (Å²) in [4.78, 5) is 0.118. The van der Waals surface area contributed by atoms with E-state index >= 15 is 0 Å². The summed E-state index contributed by atoms with van der Waals surface area (Å²) in [7, 11) is -3.67. The van der Waals surface area contributed by atoms with Crippen LogP contribution in [0, 0.1) is 6.92 Å². The first-order valence-electron chi connectivity index (χ1n) is 7.53. The van der Waals surface area contributed by atoms with Gasteiger partial charge in [0, 0.05) is 11.7 Å². The molecule has 1 aliphatic carbocycles. The van der Waals surface area contributed by atoms with E-state index in [-0.39, 0.29) is 28.4 Å². The summed E-state index contributed by atoms with van der Waals surface area (Å²) in [5, 5.41) is 0.242. The quantitative estimate of drug-likeness (QED) is 0.782. The lowest BCUT2D eigenvalue weighted by molar-refractivity contribution is 0.507. The van der Waals surface area contributed by atoms with Crippen LogP contribution in [0.5, 0.6) is 0 Å². The molecule has 3 rings (SSSR count). The smallest absolute Gasteiger partial charge is 0.242 e. The number of nitrogens with two attached hydrogens (primary N) is 1. The van der Waals surface area contributed by atoms with E-state index in [0.717, 1.165) is 36.0 Å². The van der Waals surface area contributed by atoms with Crippen LogP contribution in [0.1, 0.15) is 35.6 Å². The summed E-state index contributed by atoms with van der Waals surface area (Å²) in [5.41, 5.74) is 9.56. The molecule has 0 saturated heterocycles. The number of benzene rings is 2. The van der Waals surface area contributed by atoms with Crippen LogP contribution in [0.4, 0.5) is 5.69 Å². The molecule has 0 radical (unpaired) electrons. The fraction of sp³-hybridized carbons (Fsp3) is 0.294. The van der Waals surface area contributed by atoms with Gasteiger partial charge in [-0.15, -0.1) is 12.4 Å². The normalized spacial score (nSPS) is 17.0. The predicted octanol–water partition coefficient (Wildman–Crippen LogP) is 4.01. The number of nitrogens with one attached hydrogen (secondary N) is 1. The van der Waals surface area contributed by atoms with Crippen molar-refractivity contribution >= 4 is 39.7 Å². The molecule has 130 valence electrons. The second-order valence-corrected chi connectivity index (χ2v) is 8.05. The first kappa shape index (κ1) is 19.1. The second kappa shape index (κ2) is 7.31. The fourth-order valence-corrected chi connectivity index (χ4v) is 4.88. The van der Waals surface area contributed by atoms with Gasteiger partial charge in [0.25, 0.3) is 0 Å². The zero-order chi connectivity index (χ0) is 16.6. The monoisotopic (exact) mass is 386 g/mol. The van der Waals surface area contributed by atoms with Gasteiger partial charge < -0.3 is 5.73 Å². The Bertz CT molecular complexity index is 854. The third kappa shape index (κ3) is 3.86. The van der Waals surface area contributed by atoms with Crippen molar-refractivity contribution in [1.82, 2.24) is 4.72 Å². The van der Waals surface area contributed by atoms with Crippen molar-refractivity contribution in [3.63, 3.8) is 0 Å². The third-order valence-corrected chi connectivity index (χ3v) is 6.11. The molecule has 24 heavy (non-hydrogen) atoms. The number of nitrogen functional groups attached to an aromatic ring is 1. The standard InChI is InChI=1S/C17H19ClN2O2S.ClH/c1-11-5-8-17(15(18)9-11)23(21,22)20-16-4-2-3-12-10-13(19)6-7-14(12)16;/h5-10,16,20H,2-4,19H2,1H3;1H. The lowest BCUT2D eigenvalue weighted by atomic mass is 9.88. The van der Waals surface area contributed by atoms with Gasteiger partial charge >= 0.3 is 0 Å². The summed E-state index contributed by atoms with van der Waals surface area (Å²) < 4.78 is 28.2. The summed E-state index contributed by atoms with van der Waals surface area (Å²) in [5.74, 6) is 0. The number of hydrogen-bond acceptors (Lipinski definition) is 3. The molecular formula is C17H20Cl2N2O2S. The van der Waals surface area contributed by atoms with Crippen molar-refractivity contribution in [1.29, 1.82) is 0 Å². The Morgan fingerprint density at radius 3 is 2.67 bits per heavy atom. The molecule has 0 fully saturated rings. The average molecular weight is 387 g/mol. The van der Waals surface area contributed by atoms with E-state index in [1.165, 1.54) is 0 Å². The molecule has 4 nitrogen and oxygen atoms in total. The molecule has 0 bridgehead atoms. The maximum atomic E-state index is 12.7. The van der Waals surface area contributed by atoms with Gasteiger partial charge in [-0.05, 0) is 67.1 Å². The van der Waals surface area contributed by atoms with Gasteiger partial charge in [-0.2, -0.15) is 0 Å². The first-order valence-corrected chi connectivity index (χ1v) is 9.40. The highest BCUT2D eigenvalue weighted by molar-refractivity contribution is 7.89. The number of hydrogen-bond donors (Lipinski definition) is 2. The van der Waals surface area contributed by atoms with Gasteiger partial charge in [-0.3, -0.25) is 0 Å². The molecule has 0 spiro atoms. The van der Waals surface area contributed by atoms with Crippen LogP contribution in [0.25, 0.3) is 0 Å². The summed E-state index contributed by atoms with van der Waals surface area (Å²) >= 11 is 6.12. The molecule has 1 unspecified atom stereocenters. The zero-order valence-electron chi connectivity index (χ0n) is 13.3. The van der Waals surface area contributed by atoms with Gasteiger partial charge in [0.05, 0.1) is 5.02 Å². The van der Waals surface area contributed by atoms with Crippen LogP contribution in [0.15, 0.2) is 41.3 Å². The Morgan fingerprint density at radius 1 is 1.21 bits per heavy atom. The minimum absolute atomic E-state index is 0. The summed E-state index contributed by atoms with van der Waals surface area (Å²) in [6, 6.07) is 10.3. The topological polar surface area (TPSA) is 72.2 Å². The predicted molar refractivity (Wildman–Crippen MR) is 100 cm³/mol. The van der Waals surface area contributed by atoms with Gasteiger partial charge in [-0.1, -0.05) is 23.7 Å². The van der Waals surface area contributed by atoms with Crippen LogP contribution in [0.2, 0.25) is 5.02 Å².